The smallest absolute Gasteiger partial charge is 0.331 e. The minimum absolute atomic E-state index is 0.0366. The summed E-state index contributed by atoms with van der Waals surface area (Å²) in [4.78, 5) is 49.3. The minimum Gasteiger partial charge on any atom is -0.494 e. The molecule has 30 heavy (non-hydrogen) atoms. The van der Waals surface area contributed by atoms with Gasteiger partial charge in [-0.3, -0.25) is 29.3 Å². The van der Waals surface area contributed by atoms with E-state index in [4.69, 9.17) is 0 Å². The number of H-pyrrole nitrogens is 1. The average molecular weight is 413 g/mol. The van der Waals surface area contributed by atoms with Gasteiger partial charge in [0.1, 0.15) is 5.56 Å². The number of hydrogen-bond donors (Lipinski definition) is 2. The van der Waals surface area contributed by atoms with Gasteiger partial charge in [-0.05, 0) is 5.56 Å². The van der Waals surface area contributed by atoms with E-state index in [2.05, 4.69) is 16.7 Å². The summed E-state index contributed by atoms with van der Waals surface area (Å²) in [6.07, 6.45) is 1.59. The number of amides is 1. The standard InChI is InChI=1S/C19H19N5O6/c1-3-9-22-18(27)16(17(26)20-19(22)28)13-10-14(23(21-13)15(25)4-2)11-5-7-12(8-6-11)24(29)30/h3,5-8,14,27H,1,4,9-10H2,2H3,(H,20,26,28)/t14-/m0/s1. The summed E-state index contributed by atoms with van der Waals surface area (Å²) in [6, 6.07) is 5.04. The van der Waals surface area contributed by atoms with E-state index < -0.39 is 28.1 Å². The fourth-order valence-electron chi connectivity index (χ4n) is 3.25. The number of aromatic amines is 1. The van der Waals surface area contributed by atoms with Crippen molar-refractivity contribution in [1.82, 2.24) is 14.6 Å². The van der Waals surface area contributed by atoms with Crippen LogP contribution in [0.25, 0.3) is 0 Å². The Bertz CT molecular complexity index is 1160. The van der Waals surface area contributed by atoms with E-state index in [-0.39, 0.29) is 42.3 Å². The number of aromatic nitrogens is 2. The number of carbonyl (C=O) groups is 1. The van der Waals surface area contributed by atoms with Crippen molar-refractivity contribution in [3.05, 3.63) is 79.0 Å². The Morgan fingerprint density at radius 2 is 2.07 bits per heavy atom. The second kappa shape index (κ2) is 8.15. The van der Waals surface area contributed by atoms with E-state index in [1.165, 1.54) is 35.4 Å². The molecular weight excluding hydrogens is 394 g/mol. The molecule has 0 saturated carbocycles. The van der Waals surface area contributed by atoms with Crippen LogP contribution in [0.3, 0.4) is 0 Å². The van der Waals surface area contributed by atoms with E-state index >= 15 is 0 Å². The molecule has 0 fully saturated rings. The molecule has 0 saturated heterocycles. The molecule has 2 N–H and O–H groups in total. The first-order valence-electron chi connectivity index (χ1n) is 9.09. The predicted molar refractivity (Wildman–Crippen MR) is 107 cm³/mol. The third-order valence-electron chi connectivity index (χ3n) is 4.73. The van der Waals surface area contributed by atoms with Crippen LogP contribution in [0.1, 0.15) is 36.9 Å². The number of nitro groups is 1. The van der Waals surface area contributed by atoms with Gasteiger partial charge in [-0.1, -0.05) is 25.1 Å². The van der Waals surface area contributed by atoms with Crippen LogP contribution in [-0.4, -0.2) is 36.2 Å². The average Bonchev–Trinajstić information content (AvgIpc) is 3.15. The Kier molecular flexibility index (Phi) is 5.63. The number of aromatic hydroxyl groups is 1. The van der Waals surface area contributed by atoms with E-state index in [0.717, 1.165) is 4.57 Å². The molecule has 0 unspecified atom stereocenters. The van der Waals surface area contributed by atoms with Gasteiger partial charge in [0, 0.05) is 31.5 Å². The molecule has 2 aromatic rings. The maximum Gasteiger partial charge on any atom is 0.331 e. The molecule has 1 aromatic carbocycles. The van der Waals surface area contributed by atoms with Crippen molar-refractivity contribution < 1.29 is 14.8 Å². The van der Waals surface area contributed by atoms with Crippen molar-refractivity contribution in [2.45, 2.75) is 32.4 Å². The van der Waals surface area contributed by atoms with Gasteiger partial charge in [0.25, 0.3) is 11.2 Å². The van der Waals surface area contributed by atoms with Crippen molar-refractivity contribution >= 4 is 17.3 Å². The molecule has 1 amide bonds. The van der Waals surface area contributed by atoms with Crippen LogP contribution >= 0.6 is 0 Å². The Morgan fingerprint density at radius 1 is 1.40 bits per heavy atom. The molecule has 1 aliphatic heterocycles. The van der Waals surface area contributed by atoms with Crippen molar-refractivity contribution in [3.8, 4) is 5.88 Å². The van der Waals surface area contributed by atoms with Gasteiger partial charge in [0.05, 0.1) is 16.7 Å². The first kappa shape index (κ1) is 20.7. The molecule has 0 aliphatic carbocycles. The molecule has 1 aliphatic rings. The van der Waals surface area contributed by atoms with Crippen molar-refractivity contribution in [1.29, 1.82) is 0 Å². The highest BCUT2D eigenvalue weighted by atomic mass is 16.6. The summed E-state index contributed by atoms with van der Waals surface area (Å²) in [5.74, 6) is -0.903. The molecule has 11 heteroatoms. The Hall–Kier alpha value is -4.02. The zero-order chi connectivity index (χ0) is 22.0. The number of allylic oxidation sites excluding steroid dienone is 1. The number of hydrazone groups is 1. The van der Waals surface area contributed by atoms with E-state index in [1.807, 2.05) is 0 Å². The third kappa shape index (κ3) is 3.64. The number of nitro benzene ring substituents is 1. The fourth-order valence-corrected chi connectivity index (χ4v) is 3.25. The molecule has 1 aromatic heterocycles. The normalized spacial score (nSPS) is 15.7. The Labute approximate surface area is 169 Å². The van der Waals surface area contributed by atoms with Crippen LogP contribution in [0.2, 0.25) is 0 Å². The maximum absolute atomic E-state index is 12.4. The van der Waals surface area contributed by atoms with Crippen molar-refractivity contribution in [2.24, 2.45) is 5.10 Å². The predicted octanol–water partition coefficient (Wildman–Crippen LogP) is 1.42. The summed E-state index contributed by atoms with van der Waals surface area (Å²) in [5.41, 5.74) is -1.24. The maximum atomic E-state index is 12.4. The summed E-state index contributed by atoms with van der Waals surface area (Å²) in [7, 11) is 0. The van der Waals surface area contributed by atoms with Crippen LogP contribution in [-0.2, 0) is 11.3 Å². The highest BCUT2D eigenvalue weighted by molar-refractivity contribution is 6.04. The highest BCUT2D eigenvalue weighted by Crippen LogP contribution is 2.34. The number of benzene rings is 1. The molecular formula is C19H19N5O6. The Balaban J connectivity index is 2.08. The van der Waals surface area contributed by atoms with Crippen molar-refractivity contribution in [3.63, 3.8) is 0 Å². The molecule has 1 atom stereocenters. The van der Waals surface area contributed by atoms with Crippen LogP contribution in [0.15, 0.2) is 51.6 Å². The molecule has 0 bridgehead atoms. The summed E-state index contributed by atoms with van der Waals surface area (Å²) < 4.78 is 0.928. The number of hydrogen-bond acceptors (Lipinski definition) is 7. The second-order valence-corrected chi connectivity index (χ2v) is 6.56. The van der Waals surface area contributed by atoms with E-state index in [1.54, 1.807) is 6.92 Å². The van der Waals surface area contributed by atoms with Gasteiger partial charge in [-0.15, -0.1) is 6.58 Å². The minimum atomic E-state index is -0.829. The Morgan fingerprint density at radius 3 is 2.63 bits per heavy atom. The molecule has 0 radical (unpaired) electrons. The molecule has 11 nitrogen and oxygen atoms in total. The van der Waals surface area contributed by atoms with Crippen LogP contribution in [0, 0.1) is 10.1 Å². The SMILES string of the molecule is C=CCn1c(O)c(C2=NN(C(=O)CC)[C@H](c3ccc([N+](=O)[O-])cc3)C2)c(=O)[nH]c1=O. The largest absolute Gasteiger partial charge is 0.494 e. The lowest BCUT2D eigenvalue weighted by atomic mass is 9.99. The van der Waals surface area contributed by atoms with Gasteiger partial charge in [-0.25, -0.2) is 9.80 Å². The number of rotatable bonds is 6. The molecule has 156 valence electrons. The molecule has 3 rings (SSSR count). The quantitative estimate of drug-likeness (QED) is 0.415. The fraction of sp³-hybridized carbons (Fsp3) is 0.263. The first-order chi connectivity index (χ1) is 14.3. The lowest BCUT2D eigenvalue weighted by Gasteiger charge is -2.21. The number of carbonyl (C=O) groups excluding carboxylic acids is 1. The first-order valence-corrected chi connectivity index (χ1v) is 9.09. The van der Waals surface area contributed by atoms with Gasteiger partial charge in [0.15, 0.2) is 0 Å². The monoisotopic (exact) mass is 413 g/mol. The molecule has 2 heterocycles. The summed E-state index contributed by atoms with van der Waals surface area (Å²) in [6.45, 7) is 5.12. The highest BCUT2D eigenvalue weighted by Gasteiger charge is 2.35. The van der Waals surface area contributed by atoms with E-state index in [9.17, 15) is 29.6 Å². The number of nitrogens with zero attached hydrogens (tertiary/aromatic N) is 4. The van der Waals surface area contributed by atoms with Crippen LogP contribution in [0.4, 0.5) is 5.69 Å². The zero-order valence-corrected chi connectivity index (χ0v) is 16.1. The topological polar surface area (TPSA) is 151 Å². The van der Waals surface area contributed by atoms with Gasteiger partial charge in [-0.2, -0.15) is 5.10 Å². The van der Waals surface area contributed by atoms with Crippen LogP contribution < -0.4 is 11.2 Å². The van der Waals surface area contributed by atoms with Gasteiger partial charge in [0.2, 0.25) is 11.8 Å². The lowest BCUT2D eigenvalue weighted by Crippen LogP contribution is -2.33. The summed E-state index contributed by atoms with van der Waals surface area (Å²) in [5, 5.41) is 26.8. The van der Waals surface area contributed by atoms with Gasteiger partial charge < -0.3 is 5.11 Å². The van der Waals surface area contributed by atoms with Crippen LogP contribution in [0.5, 0.6) is 5.88 Å². The van der Waals surface area contributed by atoms with Crippen molar-refractivity contribution in [2.75, 3.05) is 0 Å². The van der Waals surface area contributed by atoms with E-state index in [0.29, 0.717) is 5.56 Å². The van der Waals surface area contributed by atoms with Gasteiger partial charge >= 0.3 is 5.69 Å². The molecule has 0 spiro atoms. The lowest BCUT2D eigenvalue weighted by molar-refractivity contribution is -0.384. The third-order valence-corrected chi connectivity index (χ3v) is 4.73. The number of non-ortho nitro benzene ring substituents is 1. The second-order valence-electron chi connectivity index (χ2n) is 6.56. The number of nitrogens with one attached hydrogen (secondary N) is 1. The zero-order valence-electron chi connectivity index (χ0n) is 16.1. The summed E-state index contributed by atoms with van der Waals surface area (Å²) >= 11 is 0.